The van der Waals surface area contributed by atoms with Crippen LogP contribution in [0.3, 0.4) is 0 Å². The molecule has 0 saturated carbocycles. The summed E-state index contributed by atoms with van der Waals surface area (Å²) in [6.45, 7) is 1.97. The standard InChI is InChI=1S/C19H22N4O/c1-22(2)12-13-23(15-17-6-4-3-5-7-17)19(24)21-18-10-8-16(14-20)9-11-18/h3-11H,12-13,15H2,1-2H3,(H,21,24). The van der Waals surface area contributed by atoms with E-state index in [2.05, 4.69) is 11.4 Å². The van der Waals surface area contributed by atoms with Crippen molar-refractivity contribution in [2.24, 2.45) is 0 Å². The Kier molecular flexibility index (Phi) is 6.35. The van der Waals surface area contributed by atoms with Crippen molar-refractivity contribution in [3.8, 4) is 6.07 Å². The topological polar surface area (TPSA) is 59.4 Å². The first kappa shape index (κ1) is 17.5. The Labute approximate surface area is 143 Å². The fraction of sp³-hybridized carbons (Fsp3) is 0.263. The first-order chi connectivity index (χ1) is 11.6. The first-order valence-corrected chi connectivity index (χ1v) is 7.83. The minimum atomic E-state index is -0.148. The van der Waals surface area contributed by atoms with Crippen molar-refractivity contribution in [2.75, 3.05) is 32.5 Å². The number of nitrogens with zero attached hydrogens (tertiary/aromatic N) is 3. The van der Waals surface area contributed by atoms with Gasteiger partial charge in [-0.2, -0.15) is 5.26 Å². The van der Waals surface area contributed by atoms with Crippen molar-refractivity contribution >= 4 is 11.7 Å². The summed E-state index contributed by atoms with van der Waals surface area (Å²) in [5.41, 5.74) is 2.34. The lowest BCUT2D eigenvalue weighted by atomic mass is 10.2. The van der Waals surface area contributed by atoms with E-state index in [1.807, 2.05) is 49.3 Å². The van der Waals surface area contributed by atoms with Gasteiger partial charge in [0.05, 0.1) is 11.6 Å². The van der Waals surface area contributed by atoms with Gasteiger partial charge in [0.1, 0.15) is 0 Å². The van der Waals surface area contributed by atoms with Crippen LogP contribution in [0.4, 0.5) is 10.5 Å². The van der Waals surface area contributed by atoms with Gasteiger partial charge < -0.3 is 15.1 Å². The molecule has 0 heterocycles. The monoisotopic (exact) mass is 322 g/mol. The van der Waals surface area contributed by atoms with Crippen molar-refractivity contribution < 1.29 is 4.79 Å². The molecule has 0 aliphatic heterocycles. The number of carbonyl (C=O) groups excluding carboxylic acids is 1. The molecule has 0 unspecified atom stereocenters. The summed E-state index contributed by atoms with van der Waals surface area (Å²) in [6, 6.07) is 18.7. The maximum atomic E-state index is 12.6. The van der Waals surface area contributed by atoms with Crippen LogP contribution >= 0.6 is 0 Å². The van der Waals surface area contributed by atoms with Gasteiger partial charge in [0, 0.05) is 25.3 Å². The fourth-order valence-corrected chi connectivity index (χ4v) is 2.21. The Bertz CT molecular complexity index is 690. The van der Waals surface area contributed by atoms with E-state index < -0.39 is 0 Å². The van der Waals surface area contributed by atoms with E-state index in [0.717, 1.165) is 12.1 Å². The minimum absolute atomic E-state index is 0.148. The van der Waals surface area contributed by atoms with Gasteiger partial charge in [0.2, 0.25) is 0 Å². The minimum Gasteiger partial charge on any atom is -0.319 e. The quantitative estimate of drug-likeness (QED) is 0.889. The lowest BCUT2D eigenvalue weighted by Gasteiger charge is -2.25. The Morgan fingerprint density at radius 1 is 1.04 bits per heavy atom. The highest BCUT2D eigenvalue weighted by Gasteiger charge is 2.14. The maximum absolute atomic E-state index is 12.6. The molecule has 0 atom stereocenters. The molecule has 0 fully saturated rings. The highest BCUT2D eigenvalue weighted by atomic mass is 16.2. The van der Waals surface area contributed by atoms with Crippen LogP contribution in [0.1, 0.15) is 11.1 Å². The summed E-state index contributed by atoms with van der Waals surface area (Å²) in [6.07, 6.45) is 0. The van der Waals surface area contributed by atoms with Gasteiger partial charge in [-0.3, -0.25) is 0 Å². The van der Waals surface area contributed by atoms with Gasteiger partial charge in [-0.1, -0.05) is 30.3 Å². The Hall–Kier alpha value is -2.84. The molecule has 2 amide bonds. The van der Waals surface area contributed by atoms with Crippen molar-refractivity contribution in [1.29, 1.82) is 5.26 Å². The van der Waals surface area contributed by atoms with E-state index in [1.165, 1.54) is 0 Å². The number of urea groups is 1. The van der Waals surface area contributed by atoms with E-state index in [9.17, 15) is 4.79 Å². The Morgan fingerprint density at radius 2 is 1.71 bits per heavy atom. The van der Waals surface area contributed by atoms with Crippen molar-refractivity contribution in [1.82, 2.24) is 9.80 Å². The number of amides is 2. The highest BCUT2D eigenvalue weighted by Crippen LogP contribution is 2.11. The molecule has 124 valence electrons. The molecule has 0 radical (unpaired) electrons. The number of likely N-dealkylation sites (N-methyl/N-ethyl adjacent to an activating group) is 1. The van der Waals surface area contributed by atoms with Crippen LogP contribution in [0.5, 0.6) is 0 Å². The van der Waals surface area contributed by atoms with Gasteiger partial charge in [0.15, 0.2) is 0 Å². The number of anilines is 1. The second-order valence-corrected chi connectivity index (χ2v) is 5.83. The smallest absolute Gasteiger partial charge is 0.319 e. The zero-order chi connectivity index (χ0) is 17.4. The van der Waals surface area contributed by atoms with E-state index in [4.69, 9.17) is 5.26 Å². The van der Waals surface area contributed by atoms with E-state index in [0.29, 0.717) is 24.3 Å². The summed E-state index contributed by atoms with van der Waals surface area (Å²) >= 11 is 0. The van der Waals surface area contributed by atoms with Crippen molar-refractivity contribution in [2.45, 2.75) is 6.54 Å². The number of benzene rings is 2. The molecule has 0 aromatic heterocycles. The number of hydrogen-bond acceptors (Lipinski definition) is 3. The number of hydrogen-bond donors (Lipinski definition) is 1. The zero-order valence-corrected chi connectivity index (χ0v) is 14.1. The van der Waals surface area contributed by atoms with Crippen LogP contribution in [0.15, 0.2) is 54.6 Å². The molecule has 2 aromatic rings. The number of nitriles is 1. The SMILES string of the molecule is CN(C)CCN(Cc1ccccc1)C(=O)Nc1ccc(C#N)cc1. The molecule has 0 aliphatic carbocycles. The Balaban J connectivity index is 2.06. The number of rotatable bonds is 6. The van der Waals surface area contributed by atoms with Gasteiger partial charge in [-0.25, -0.2) is 4.79 Å². The molecule has 0 aliphatic rings. The predicted molar refractivity (Wildman–Crippen MR) is 95.6 cm³/mol. The van der Waals surface area contributed by atoms with Crippen molar-refractivity contribution in [3.63, 3.8) is 0 Å². The van der Waals surface area contributed by atoms with E-state index in [-0.39, 0.29) is 6.03 Å². The van der Waals surface area contributed by atoms with Crippen LogP contribution in [0.2, 0.25) is 0 Å². The van der Waals surface area contributed by atoms with Gasteiger partial charge in [0.25, 0.3) is 0 Å². The molecule has 1 N–H and O–H groups in total. The molecule has 5 nitrogen and oxygen atoms in total. The van der Waals surface area contributed by atoms with Crippen LogP contribution in [-0.2, 0) is 6.54 Å². The normalized spacial score (nSPS) is 10.2. The average Bonchev–Trinajstić information content (AvgIpc) is 2.60. The molecule has 2 aromatic carbocycles. The van der Waals surface area contributed by atoms with E-state index in [1.54, 1.807) is 29.2 Å². The molecule has 2 rings (SSSR count). The van der Waals surface area contributed by atoms with Crippen LogP contribution in [0.25, 0.3) is 0 Å². The molecular weight excluding hydrogens is 300 g/mol. The lowest BCUT2D eigenvalue weighted by Crippen LogP contribution is -2.39. The van der Waals surface area contributed by atoms with Crippen LogP contribution in [-0.4, -0.2) is 43.0 Å². The molecule has 5 heteroatoms. The highest BCUT2D eigenvalue weighted by molar-refractivity contribution is 5.89. The molecule has 0 spiro atoms. The zero-order valence-electron chi connectivity index (χ0n) is 14.1. The fourth-order valence-electron chi connectivity index (χ4n) is 2.21. The summed E-state index contributed by atoms with van der Waals surface area (Å²) in [5.74, 6) is 0. The molecule has 24 heavy (non-hydrogen) atoms. The molecule has 0 saturated heterocycles. The summed E-state index contributed by atoms with van der Waals surface area (Å²) in [4.78, 5) is 16.4. The third kappa shape index (κ3) is 5.41. The van der Waals surface area contributed by atoms with Gasteiger partial charge in [-0.15, -0.1) is 0 Å². The molecular formula is C19H22N4O. The van der Waals surface area contributed by atoms with E-state index >= 15 is 0 Å². The maximum Gasteiger partial charge on any atom is 0.322 e. The second-order valence-electron chi connectivity index (χ2n) is 5.83. The predicted octanol–water partition coefficient (Wildman–Crippen LogP) is 3.15. The van der Waals surface area contributed by atoms with Crippen LogP contribution in [0, 0.1) is 11.3 Å². The number of carbonyl (C=O) groups is 1. The van der Waals surface area contributed by atoms with Gasteiger partial charge >= 0.3 is 6.03 Å². The third-order valence-electron chi connectivity index (χ3n) is 3.59. The summed E-state index contributed by atoms with van der Waals surface area (Å²) in [7, 11) is 3.97. The van der Waals surface area contributed by atoms with Gasteiger partial charge in [-0.05, 0) is 43.9 Å². The Morgan fingerprint density at radius 3 is 2.29 bits per heavy atom. The average molecular weight is 322 g/mol. The summed E-state index contributed by atoms with van der Waals surface area (Å²) in [5, 5.41) is 11.7. The number of nitrogens with one attached hydrogen (secondary N) is 1. The van der Waals surface area contributed by atoms with Crippen LogP contribution < -0.4 is 5.32 Å². The lowest BCUT2D eigenvalue weighted by molar-refractivity contribution is 0.202. The third-order valence-corrected chi connectivity index (χ3v) is 3.59. The first-order valence-electron chi connectivity index (χ1n) is 7.83. The largest absolute Gasteiger partial charge is 0.322 e. The molecule has 0 bridgehead atoms. The summed E-state index contributed by atoms with van der Waals surface area (Å²) < 4.78 is 0. The van der Waals surface area contributed by atoms with Crippen molar-refractivity contribution in [3.05, 3.63) is 65.7 Å². The second kappa shape index (κ2) is 8.70.